The Hall–Kier alpha value is -2.24. The summed E-state index contributed by atoms with van der Waals surface area (Å²) in [5, 5.41) is 11.4. The van der Waals surface area contributed by atoms with Gasteiger partial charge in [-0.2, -0.15) is 0 Å². The van der Waals surface area contributed by atoms with Crippen molar-refractivity contribution < 1.29 is 4.79 Å². The zero-order chi connectivity index (χ0) is 15.5. The summed E-state index contributed by atoms with van der Waals surface area (Å²) in [5.41, 5.74) is 0.266. The maximum Gasteiger partial charge on any atom is 0.278 e. The maximum absolute atomic E-state index is 12.3. The van der Waals surface area contributed by atoms with E-state index in [-0.39, 0.29) is 24.1 Å². The molecule has 3 rings (SSSR count). The van der Waals surface area contributed by atoms with E-state index in [2.05, 4.69) is 22.6 Å². The zero-order valence-corrected chi connectivity index (χ0v) is 12.7. The van der Waals surface area contributed by atoms with Gasteiger partial charge < -0.3 is 5.32 Å². The van der Waals surface area contributed by atoms with E-state index in [0.717, 1.165) is 23.9 Å². The van der Waals surface area contributed by atoms with Gasteiger partial charge in [0.15, 0.2) is 0 Å². The first-order chi connectivity index (χ1) is 10.6. The van der Waals surface area contributed by atoms with Crippen LogP contribution in [0.25, 0.3) is 10.9 Å². The van der Waals surface area contributed by atoms with E-state index < -0.39 is 0 Å². The average molecular weight is 300 g/mol. The number of rotatable bonds is 3. The summed E-state index contributed by atoms with van der Waals surface area (Å²) in [4.78, 5) is 24.5. The minimum atomic E-state index is -0.280. The monoisotopic (exact) mass is 300 g/mol. The molecule has 0 bridgehead atoms. The van der Waals surface area contributed by atoms with Gasteiger partial charge in [-0.25, -0.2) is 4.68 Å². The quantitative estimate of drug-likeness (QED) is 0.931. The van der Waals surface area contributed by atoms with Gasteiger partial charge in [-0.05, 0) is 30.9 Å². The minimum absolute atomic E-state index is 0.0834. The van der Waals surface area contributed by atoms with E-state index in [1.807, 2.05) is 0 Å². The summed E-state index contributed by atoms with van der Waals surface area (Å²) in [6.07, 6.45) is 4.51. The number of amides is 1. The second-order valence-corrected chi connectivity index (χ2v) is 6.01. The first kappa shape index (κ1) is 14.7. The van der Waals surface area contributed by atoms with Gasteiger partial charge in [0.25, 0.3) is 5.56 Å². The molecule has 1 aliphatic carbocycles. The average Bonchev–Trinajstić information content (AvgIpc) is 2.53. The number of nitrogens with zero attached hydrogens (tertiary/aromatic N) is 3. The normalized spacial score (nSPS) is 21.7. The molecule has 1 amide bonds. The highest BCUT2D eigenvalue weighted by atomic mass is 16.2. The lowest BCUT2D eigenvalue weighted by Crippen LogP contribution is -2.44. The summed E-state index contributed by atoms with van der Waals surface area (Å²) in [6, 6.07) is 7.21. The van der Waals surface area contributed by atoms with Crippen LogP contribution in [0.5, 0.6) is 0 Å². The van der Waals surface area contributed by atoms with Crippen molar-refractivity contribution >= 4 is 16.8 Å². The van der Waals surface area contributed by atoms with E-state index >= 15 is 0 Å². The fraction of sp³-hybridized carbons (Fsp3) is 0.500. The Bertz CT molecular complexity index is 740. The topological polar surface area (TPSA) is 76.9 Å². The Labute approximate surface area is 128 Å². The Morgan fingerprint density at radius 3 is 2.91 bits per heavy atom. The highest BCUT2D eigenvalue weighted by Crippen LogP contribution is 2.23. The van der Waals surface area contributed by atoms with Gasteiger partial charge in [-0.15, -0.1) is 5.10 Å². The van der Waals surface area contributed by atoms with E-state index in [9.17, 15) is 9.59 Å². The second-order valence-electron chi connectivity index (χ2n) is 6.01. The van der Waals surface area contributed by atoms with Gasteiger partial charge in [0.1, 0.15) is 12.1 Å². The molecule has 1 fully saturated rings. The smallest absolute Gasteiger partial charge is 0.278 e. The third-order valence-electron chi connectivity index (χ3n) is 4.38. The van der Waals surface area contributed by atoms with Crippen molar-refractivity contribution in [2.45, 2.75) is 45.2 Å². The molecule has 0 aliphatic heterocycles. The maximum atomic E-state index is 12.3. The SMILES string of the molecule is C[C@@H]1CCCC[C@H]1NC(=O)Cn1nnc2ccccc2c1=O. The Morgan fingerprint density at radius 2 is 2.09 bits per heavy atom. The van der Waals surface area contributed by atoms with Crippen molar-refractivity contribution in [1.29, 1.82) is 0 Å². The van der Waals surface area contributed by atoms with Crippen molar-refractivity contribution in [2.24, 2.45) is 5.92 Å². The molecule has 0 spiro atoms. The van der Waals surface area contributed by atoms with Gasteiger partial charge in [-0.3, -0.25) is 9.59 Å². The standard InChI is InChI=1S/C16H20N4O2/c1-11-6-2-4-8-13(11)17-15(21)10-20-16(22)12-7-3-5-9-14(12)18-19-20/h3,5,7,9,11,13H,2,4,6,8,10H2,1H3,(H,17,21)/t11-,13-/m1/s1. The lowest BCUT2D eigenvalue weighted by Gasteiger charge is -2.29. The number of nitrogens with one attached hydrogen (secondary N) is 1. The molecule has 1 saturated carbocycles. The van der Waals surface area contributed by atoms with Crippen LogP contribution in [0.2, 0.25) is 0 Å². The van der Waals surface area contributed by atoms with Crippen LogP contribution in [-0.4, -0.2) is 26.9 Å². The first-order valence-corrected chi connectivity index (χ1v) is 7.77. The van der Waals surface area contributed by atoms with Crippen molar-refractivity contribution in [3.63, 3.8) is 0 Å². The highest BCUT2D eigenvalue weighted by molar-refractivity contribution is 5.78. The van der Waals surface area contributed by atoms with Gasteiger partial charge in [0.2, 0.25) is 5.91 Å². The number of aromatic nitrogens is 3. The van der Waals surface area contributed by atoms with E-state index in [4.69, 9.17) is 0 Å². The molecule has 0 saturated heterocycles. The summed E-state index contributed by atoms with van der Waals surface area (Å²) in [6.45, 7) is 2.08. The van der Waals surface area contributed by atoms with Crippen LogP contribution >= 0.6 is 0 Å². The predicted molar refractivity (Wildman–Crippen MR) is 83.4 cm³/mol. The molecule has 1 N–H and O–H groups in total. The molecule has 6 nitrogen and oxygen atoms in total. The molecule has 1 aliphatic rings. The largest absolute Gasteiger partial charge is 0.351 e. The number of hydrogen-bond donors (Lipinski definition) is 1. The zero-order valence-electron chi connectivity index (χ0n) is 12.7. The summed E-state index contributed by atoms with van der Waals surface area (Å²) in [5.74, 6) is 0.308. The fourth-order valence-electron chi connectivity index (χ4n) is 3.05. The molecule has 1 heterocycles. The van der Waals surface area contributed by atoms with Crippen LogP contribution in [-0.2, 0) is 11.3 Å². The number of carbonyl (C=O) groups is 1. The molecule has 6 heteroatoms. The van der Waals surface area contributed by atoms with Gasteiger partial charge in [-0.1, -0.05) is 37.1 Å². The Morgan fingerprint density at radius 1 is 1.32 bits per heavy atom. The lowest BCUT2D eigenvalue weighted by atomic mass is 9.86. The second kappa shape index (κ2) is 6.25. The molecule has 2 aromatic rings. The van der Waals surface area contributed by atoms with Crippen molar-refractivity contribution in [3.05, 3.63) is 34.6 Å². The van der Waals surface area contributed by atoms with Gasteiger partial charge in [0.05, 0.1) is 5.39 Å². The number of benzene rings is 1. The Balaban J connectivity index is 1.74. The molecule has 0 radical (unpaired) electrons. The molecular weight excluding hydrogens is 280 g/mol. The third-order valence-corrected chi connectivity index (χ3v) is 4.38. The van der Waals surface area contributed by atoms with Crippen molar-refractivity contribution in [1.82, 2.24) is 20.3 Å². The van der Waals surface area contributed by atoms with Crippen LogP contribution in [0, 0.1) is 5.92 Å². The molecule has 1 aromatic heterocycles. The van der Waals surface area contributed by atoms with Crippen LogP contribution in [0.4, 0.5) is 0 Å². The van der Waals surface area contributed by atoms with Crippen LogP contribution in [0.3, 0.4) is 0 Å². The summed E-state index contributed by atoms with van der Waals surface area (Å²) < 4.78 is 1.13. The number of hydrogen-bond acceptors (Lipinski definition) is 4. The summed E-state index contributed by atoms with van der Waals surface area (Å²) in [7, 11) is 0. The lowest BCUT2D eigenvalue weighted by molar-refractivity contribution is -0.123. The molecule has 2 atom stereocenters. The predicted octanol–water partition coefficient (Wildman–Crippen LogP) is 1.49. The van der Waals surface area contributed by atoms with Gasteiger partial charge in [0, 0.05) is 6.04 Å². The van der Waals surface area contributed by atoms with E-state index in [0.29, 0.717) is 16.8 Å². The third kappa shape index (κ3) is 3.00. The molecule has 22 heavy (non-hydrogen) atoms. The van der Waals surface area contributed by atoms with Crippen molar-refractivity contribution in [2.75, 3.05) is 0 Å². The summed E-state index contributed by atoms with van der Waals surface area (Å²) >= 11 is 0. The molecule has 0 unspecified atom stereocenters. The van der Waals surface area contributed by atoms with Crippen LogP contribution in [0.15, 0.2) is 29.1 Å². The number of fused-ring (bicyclic) bond motifs is 1. The van der Waals surface area contributed by atoms with Crippen molar-refractivity contribution in [3.8, 4) is 0 Å². The van der Waals surface area contributed by atoms with E-state index in [1.165, 1.54) is 6.42 Å². The fourth-order valence-corrected chi connectivity index (χ4v) is 3.05. The van der Waals surface area contributed by atoms with Crippen LogP contribution < -0.4 is 10.9 Å². The van der Waals surface area contributed by atoms with Crippen LogP contribution in [0.1, 0.15) is 32.6 Å². The Kier molecular flexibility index (Phi) is 4.18. The van der Waals surface area contributed by atoms with Gasteiger partial charge >= 0.3 is 0 Å². The first-order valence-electron chi connectivity index (χ1n) is 7.77. The van der Waals surface area contributed by atoms with E-state index in [1.54, 1.807) is 24.3 Å². The number of carbonyl (C=O) groups excluding carboxylic acids is 1. The molecular formula is C16H20N4O2. The molecule has 116 valence electrons. The minimum Gasteiger partial charge on any atom is -0.351 e. The molecule has 1 aromatic carbocycles. The highest BCUT2D eigenvalue weighted by Gasteiger charge is 2.23.